The average molecular weight is 209 g/mol. The van der Waals surface area contributed by atoms with Crippen LogP contribution < -0.4 is 5.73 Å². The summed E-state index contributed by atoms with van der Waals surface area (Å²) in [6, 6.07) is 15.6. The number of benzene rings is 1. The van der Waals surface area contributed by atoms with E-state index in [0.29, 0.717) is 5.82 Å². The smallest absolute Gasteiger partial charge is 0.123 e. The number of hydrogen-bond acceptors (Lipinski definition) is 3. The molecule has 78 valence electrons. The van der Waals surface area contributed by atoms with Crippen LogP contribution in [0, 0.1) is 11.3 Å². The first-order valence-electron chi connectivity index (χ1n) is 4.99. The van der Waals surface area contributed by atoms with E-state index in [-0.39, 0.29) is 6.42 Å². The van der Waals surface area contributed by atoms with Crippen molar-refractivity contribution in [1.29, 1.82) is 5.26 Å². The van der Waals surface area contributed by atoms with Crippen LogP contribution in [0.2, 0.25) is 0 Å². The van der Waals surface area contributed by atoms with Gasteiger partial charge in [-0.2, -0.15) is 5.26 Å². The van der Waals surface area contributed by atoms with Gasteiger partial charge in [-0.25, -0.2) is 4.98 Å². The third-order valence-corrected chi connectivity index (χ3v) is 2.33. The number of anilines is 1. The van der Waals surface area contributed by atoms with Crippen LogP contribution >= 0.6 is 0 Å². The molecule has 1 aromatic carbocycles. The molecule has 0 radical (unpaired) electrons. The van der Waals surface area contributed by atoms with Gasteiger partial charge in [0.05, 0.1) is 18.2 Å². The molecule has 0 saturated heterocycles. The monoisotopic (exact) mass is 209 g/mol. The minimum Gasteiger partial charge on any atom is -0.384 e. The van der Waals surface area contributed by atoms with Crippen LogP contribution in [0.1, 0.15) is 5.69 Å². The number of aromatic nitrogens is 1. The fourth-order valence-corrected chi connectivity index (χ4v) is 1.61. The molecule has 0 amide bonds. The van der Waals surface area contributed by atoms with E-state index >= 15 is 0 Å². The molecule has 3 heteroatoms. The maximum atomic E-state index is 8.75. The minimum atomic E-state index is 0.273. The van der Waals surface area contributed by atoms with E-state index in [1.54, 1.807) is 6.07 Å². The Kier molecular flexibility index (Phi) is 2.84. The molecule has 0 unspecified atom stereocenters. The molecule has 0 aliphatic carbocycles. The maximum Gasteiger partial charge on any atom is 0.123 e. The van der Waals surface area contributed by atoms with Gasteiger partial charge in [0, 0.05) is 5.56 Å². The van der Waals surface area contributed by atoms with Crippen LogP contribution in [0.15, 0.2) is 42.5 Å². The Morgan fingerprint density at radius 3 is 2.56 bits per heavy atom. The SMILES string of the molecule is N#CCc1nc(N)ccc1-c1ccccc1. The highest BCUT2D eigenvalue weighted by Gasteiger charge is 2.06. The van der Waals surface area contributed by atoms with Crippen molar-refractivity contribution >= 4 is 5.82 Å². The summed E-state index contributed by atoms with van der Waals surface area (Å²) in [5.41, 5.74) is 8.37. The highest BCUT2D eigenvalue weighted by molar-refractivity contribution is 5.67. The van der Waals surface area contributed by atoms with E-state index in [1.165, 1.54) is 0 Å². The number of hydrogen-bond donors (Lipinski definition) is 1. The lowest BCUT2D eigenvalue weighted by atomic mass is 10.0. The Bertz CT molecular complexity index is 527. The third kappa shape index (κ3) is 2.01. The van der Waals surface area contributed by atoms with Crippen molar-refractivity contribution in [3.8, 4) is 17.2 Å². The van der Waals surface area contributed by atoms with Crippen molar-refractivity contribution in [3.63, 3.8) is 0 Å². The normalized spacial score (nSPS) is 9.69. The van der Waals surface area contributed by atoms with Gasteiger partial charge in [0.25, 0.3) is 0 Å². The topological polar surface area (TPSA) is 62.7 Å². The van der Waals surface area contributed by atoms with Crippen molar-refractivity contribution in [1.82, 2.24) is 4.98 Å². The zero-order valence-electron chi connectivity index (χ0n) is 8.72. The largest absolute Gasteiger partial charge is 0.384 e. The summed E-state index contributed by atoms with van der Waals surface area (Å²) in [6.45, 7) is 0. The molecule has 0 fully saturated rings. The standard InChI is InChI=1S/C13H11N3/c14-9-8-12-11(6-7-13(15)16-12)10-4-2-1-3-5-10/h1-7H,8H2,(H2,15,16). The number of nitrogens with zero attached hydrogens (tertiary/aromatic N) is 2. The molecular weight excluding hydrogens is 198 g/mol. The van der Waals surface area contributed by atoms with Crippen molar-refractivity contribution < 1.29 is 0 Å². The van der Waals surface area contributed by atoms with Crippen molar-refractivity contribution in [3.05, 3.63) is 48.2 Å². The van der Waals surface area contributed by atoms with Crippen LogP contribution in [0.3, 0.4) is 0 Å². The second kappa shape index (κ2) is 4.45. The van der Waals surface area contributed by atoms with Gasteiger partial charge in [0.2, 0.25) is 0 Å². The van der Waals surface area contributed by atoms with Crippen LogP contribution in [0.25, 0.3) is 11.1 Å². The van der Waals surface area contributed by atoms with Gasteiger partial charge in [-0.1, -0.05) is 30.3 Å². The summed E-state index contributed by atoms with van der Waals surface area (Å²) in [6.07, 6.45) is 0.273. The highest BCUT2D eigenvalue weighted by atomic mass is 14.8. The summed E-state index contributed by atoms with van der Waals surface area (Å²) >= 11 is 0. The Labute approximate surface area is 94.2 Å². The molecule has 3 nitrogen and oxygen atoms in total. The van der Waals surface area contributed by atoms with E-state index in [2.05, 4.69) is 11.1 Å². The molecule has 0 aliphatic rings. The lowest BCUT2D eigenvalue weighted by Crippen LogP contribution is -1.97. The fraction of sp³-hybridized carbons (Fsp3) is 0.0769. The number of nitriles is 1. The van der Waals surface area contributed by atoms with Crippen molar-refractivity contribution in [2.45, 2.75) is 6.42 Å². The first kappa shape index (κ1) is 10.2. The molecule has 16 heavy (non-hydrogen) atoms. The predicted molar refractivity (Wildman–Crippen MR) is 63.4 cm³/mol. The number of pyridine rings is 1. The Hall–Kier alpha value is -2.34. The van der Waals surface area contributed by atoms with E-state index in [1.807, 2.05) is 36.4 Å². The van der Waals surface area contributed by atoms with Gasteiger partial charge < -0.3 is 5.73 Å². The maximum absolute atomic E-state index is 8.75. The molecule has 2 rings (SSSR count). The first-order valence-corrected chi connectivity index (χ1v) is 4.99. The van der Waals surface area contributed by atoms with Crippen LogP contribution in [-0.4, -0.2) is 4.98 Å². The quantitative estimate of drug-likeness (QED) is 0.826. The summed E-state index contributed by atoms with van der Waals surface area (Å²) < 4.78 is 0. The summed E-state index contributed by atoms with van der Waals surface area (Å²) in [7, 11) is 0. The number of nitrogen functional groups attached to an aromatic ring is 1. The minimum absolute atomic E-state index is 0.273. The second-order valence-corrected chi connectivity index (χ2v) is 3.43. The highest BCUT2D eigenvalue weighted by Crippen LogP contribution is 2.23. The van der Waals surface area contributed by atoms with E-state index in [9.17, 15) is 0 Å². The van der Waals surface area contributed by atoms with Crippen molar-refractivity contribution in [2.24, 2.45) is 0 Å². The Morgan fingerprint density at radius 1 is 1.12 bits per heavy atom. The van der Waals surface area contributed by atoms with Gasteiger partial charge >= 0.3 is 0 Å². The summed E-state index contributed by atoms with van der Waals surface area (Å²) in [4.78, 5) is 4.19. The van der Waals surface area contributed by atoms with E-state index in [0.717, 1.165) is 16.8 Å². The van der Waals surface area contributed by atoms with Gasteiger partial charge in [0.1, 0.15) is 5.82 Å². The Balaban J connectivity index is 2.53. The molecule has 1 aromatic heterocycles. The number of rotatable bonds is 2. The molecule has 0 bridgehead atoms. The summed E-state index contributed by atoms with van der Waals surface area (Å²) in [5.74, 6) is 0.449. The molecule has 0 spiro atoms. The third-order valence-electron chi connectivity index (χ3n) is 2.33. The predicted octanol–water partition coefficient (Wildman–Crippen LogP) is 2.40. The average Bonchev–Trinajstić information content (AvgIpc) is 2.31. The molecule has 2 aromatic rings. The molecule has 0 atom stereocenters. The van der Waals surface area contributed by atoms with Gasteiger partial charge in [-0.05, 0) is 17.7 Å². The zero-order valence-corrected chi connectivity index (χ0v) is 8.72. The van der Waals surface area contributed by atoms with E-state index < -0.39 is 0 Å². The first-order chi connectivity index (χ1) is 7.81. The van der Waals surface area contributed by atoms with Crippen LogP contribution in [-0.2, 0) is 6.42 Å². The lowest BCUT2D eigenvalue weighted by Gasteiger charge is -2.06. The zero-order chi connectivity index (χ0) is 11.4. The van der Waals surface area contributed by atoms with Gasteiger partial charge in [-0.15, -0.1) is 0 Å². The molecular formula is C13H11N3. The molecule has 0 saturated carbocycles. The second-order valence-electron chi connectivity index (χ2n) is 3.43. The van der Waals surface area contributed by atoms with Crippen LogP contribution in [0.4, 0.5) is 5.82 Å². The summed E-state index contributed by atoms with van der Waals surface area (Å²) in [5, 5.41) is 8.75. The fourth-order valence-electron chi connectivity index (χ4n) is 1.61. The molecule has 1 heterocycles. The van der Waals surface area contributed by atoms with Gasteiger partial charge in [-0.3, -0.25) is 0 Å². The Morgan fingerprint density at radius 2 is 1.88 bits per heavy atom. The van der Waals surface area contributed by atoms with Crippen LogP contribution in [0.5, 0.6) is 0 Å². The van der Waals surface area contributed by atoms with Crippen molar-refractivity contribution in [2.75, 3.05) is 5.73 Å². The molecule has 2 N–H and O–H groups in total. The van der Waals surface area contributed by atoms with Gasteiger partial charge in [0.15, 0.2) is 0 Å². The van der Waals surface area contributed by atoms with E-state index in [4.69, 9.17) is 11.0 Å². The number of nitrogens with two attached hydrogens (primary N) is 1. The molecule has 0 aliphatic heterocycles. The lowest BCUT2D eigenvalue weighted by molar-refractivity contribution is 1.13.